The van der Waals surface area contributed by atoms with Gasteiger partial charge in [-0.15, -0.1) is 0 Å². The number of nitrogens with one attached hydrogen (secondary N) is 1. The van der Waals surface area contributed by atoms with E-state index >= 15 is 0 Å². The summed E-state index contributed by atoms with van der Waals surface area (Å²) in [7, 11) is 0. The highest BCUT2D eigenvalue weighted by atomic mass is 15.0. The lowest BCUT2D eigenvalue weighted by Crippen LogP contribution is -2.41. The number of hydrogen-bond acceptors (Lipinski definition) is 2. The molecule has 3 unspecified atom stereocenters. The van der Waals surface area contributed by atoms with Crippen LogP contribution in [0, 0.1) is 23.7 Å². The van der Waals surface area contributed by atoms with Gasteiger partial charge in [-0.1, -0.05) is 34.3 Å². The molecule has 2 heteroatoms. The van der Waals surface area contributed by atoms with Gasteiger partial charge in [-0.25, -0.2) is 0 Å². The van der Waals surface area contributed by atoms with Gasteiger partial charge in [-0.05, 0) is 42.9 Å². The van der Waals surface area contributed by atoms with E-state index in [0.717, 1.165) is 23.7 Å². The van der Waals surface area contributed by atoms with Crippen LogP contribution in [-0.4, -0.2) is 6.04 Å². The molecule has 2 nitrogen and oxygen atoms in total. The Hall–Kier alpha value is -0.660. The summed E-state index contributed by atoms with van der Waals surface area (Å²) < 4.78 is 0. The highest BCUT2D eigenvalue weighted by Gasteiger charge is 2.33. The monoisotopic (exact) mass is 224 g/mol. The molecule has 0 radical (unpaired) electrons. The zero-order valence-electron chi connectivity index (χ0n) is 11.3. The second kappa shape index (κ2) is 5.60. The van der Waals surface area contributed by atoms with E-state index in [0.29, 0.717) is 11.9 Å². The minimum Gasteiger partial charge on any atom is -0.386 e. The molecule has 0 aliphatic heterocycles. The van der Waals surface area contributed by atoms with Crippen molar-refractivity contribution in [2.45, 2.75) is 53.0 Å². The van der Waals surface area contributed by atoms with Crippen LogP contribution in [0.3, 0.4) is 0 Å². The topological polar surface area (TPSA) is 38.0 Å². The van der Waals surface area contributed by atoms with Gasteiger partial charge in [-0.2, -0.15) is 0 Å². The highest BCUT2D eigenvalue weighted by molar-refractivity contribution is 4.92. The van der Waals surface area contributed by atoms with E-state index in [1.165, 1.54) is 19.3 Å². The van der Waals surface area contributed by atoms with Crippen molar-refractivity contribution >= 4 is 0 Å². The second-order valence-corrected chi connectivity index (χ2v) is 6.00. The molecule has 3 atom stereocenters. The van der Waals surface area contributed by atoms with E-state index in [1.807, 2.05) is 0 Å². The molecule has 0 spiro atoms. The fourth-order valence-electron chi connectivity index (χ4n) is 3.22. The summed E-state index contributed by atoms with van der Waals surface area (Å²) in [6.07, 6.45) is 3.81. The molecule has 1 aliphatic rings. The van der Waals surface area contributed by atoms with Gasteiger partial charge in [0, 0.05) is 6.04 Å². The van der Waals surface area contributed by atoms with Crippen LogP contribution in [0.15, 0.2) is 12.4 Å². The zero-order valence-corrected chi connectivity index (χ0v) is 11.3. The molecule has 0 saturated heterocycles. The Bertz CT molecular complexity index is 233. The van der Waals surface area contributed by atoms with Gasteiger partial charge in [0.2, 0.25) is 0 Å². The van der Waals surface area contributed by atoms with Crippen LogP contribution in [-0.2, 0) is 0 Å². The molecule has 1 fully saturated rings. The first-order valence-corrected chi connectivity index (χ1v) is 6.62. The third kappa shape index (κ3) is 3.43. The van der Waals surface area contributed by atoms with Gasteiger partial charge in [0.15, 0.2) is 0 Å². The van der Waals surface area contributed by atoms with Crippen molar-refractivity contribution in [2.24, 2.45) is 29.4 Å². The number of rotatable bonds is 4. The zero-order chi connectivity index (χ0) is 12.3. The largest absolute Gasteiger partial charge is 0.386 e. The fraction of sp³-hybridized carbons (Fsp3) is 0.857. The molecule has 94 valence electrons. The Morgan fingerprint density at radius 2 is 1.69 bits per heavy atom. The average Bonchev–Trinajstić information content (AvgIpc) is 2.16. The van der Waals surface area contributed by atoms with Crippen molar-refractivity contribution < 1.29 is 0 Å². The van der Waals surface area contributed by atoms with E-state index in [1.54, 1.807) is 0 Å². The van der Waals surface area contributed by atoms with Crippen LogP contribution in [0.25, 0.3) is 0 Å². The normalized spacial score (nSPS) is 30.8. The van der Waals surface area contributed by atoms with Gasteiger partial charge >= 0.3 is 0 Å². The first-order valence-electron chi connectivity index (χ1n) is 6.62. The predicted octanol–water partition coefficient (Wildman–Crippen LogP) is 3.10. The maximum absolute atomic E-state index is 5.63. The quantitative estimate of drug-likeness (QED) is 0.770. The van der Waals surface area contributed by atoms with Gasteiger partial charge in [0.25, 0.3) is 0 Å². The Balaban J connectivity index is 2.61. The molecule has 0 aromatic rings. The maximum Gasteiger partial charge on any atom is 0.0888 e. The molecule has 16 heavy (non-hydrogen) atoms. The molecular formula is C14H28N2. The summed E-state index contributed by atoms with van der Waals surface area (Å²) >= 11 is 0. The van der Waals surface area contributed by atoms with Gasteiger partial charge in [0.05, 0.1) is 5.82 Å². The average molecular weight is 224 g/mol. The molecule has 3 N–H and O–H groups in total. The maximum atomic E-state index is 5.63. The lowest BCUT2D eigenvalue weighted by molar-refractivity contribution is 0.116. The van der Waals surface area contributed by atoms with Gasteiger partial charge in [0.1, 0.15) is 0 Å². The molecule has 0 aromatic carbocycles. The Kier molecular flexibility index (Phi) is 4.69. The van der Waals surface area contributed by atoms with E-state index < -0.39 is 0 Å². The van der Waals surface area contributed by atoms with E-state index in [4.69, 9.17) is 5.73 Å². The van der Waals surface area contributed by atoms with Crippen LogP contribution in [0.5, 0.6) is 0 Å². The smallest absolute Gasteiger partial charge is 0.0888 e. The van der Waals surface area contributed by atoms with E-state index in [2.05, 4.69) is 39.6 Å². The minimum absolute atomic E-state index is 0.542. The Labute approximate surface area is 101 Å². The van der Waals surface area contributed by atoms with E-state index in [9.17, 15) is 0 Å². The molecule has 0 aromatic heterocycles. The van der Waals surface area contributed by atoms with Crippen molar-refractivity contribution in [2.75, 3.05) is 0 Å². The van der Waals surface area contributed by atoms with Gasteiger partial charge < -0.3 is 11.1 Å². The summed E-state index contributed by atoms with van der Waals surface area (Å²) in [5.74, 6) is 3.89. The third-order valence-corrected chi connectivity index (χ3v) is 4.06. The first kappa shape index (κ1) is 13.4. The second-order valence-electron chi connectivity index (χ2n) is 6.00. The van der Waals surface area contributed by atoms with Crippen LogP contribution in [0.4, 0.5) is 0 Å². The van der Waals surface area contributed by atoms with Crippen molar-refractivity contribution in [1.82, 2.24) is 5.32 Å². The molecular weight excluding hydrogens is 196 g/mol. The van der Waals surface area contributed by atoms with Crippen molar-refractivity contribution in [3.63, 3.8) is 0 Å². The lowest BCUT2D eigenvalue weighted by Gasteiger charge is -2.41. The van der Waals surface area contributed by atoms with Gasteiger partial charge in [-0.3, -0.25) is 0 Å². The fourth-order valence-corrected chi connectivity index (χ4v) is 3.22. The summed E-state index contributed by atoms with van der Waals surface area (Å²) in [6, 6.07) is 0.542. The molecule has 1 rings (SSSR count). The lowest BCUT2D eigenvalue weighted by atomic mass is 9.67. The molecule has 0 amide bonds. The molecule has 1 aliphatic carbocycles. The van der Waals surface area contributed by atoms with Crippen molar-refractivity contribution in [3.05, 3.63) is 12.4 Å². The van der Waals surface area contributed by atoms with Crippen molar-refractivity contribution in [1.29, 1.82) is 0 Å². The molecule has 0 heterocycles. The Morgan fingerprint density at radius 3 is 2.12 bits per heavy atom. The van der Waals surface area contributed by atoms with Crippen LogP contribution in [0.1, 0.15) is 47.0 Å². The highest BCUT2D eigenvalue weighted by Crippen LogP contribution is 2.39. The number of hydrogen-bond donors (Lipinski definition) is 2. The third-order valence-electron chi connectivity index (χ3n) is 4.06. The van der Waals surface area contributed by atoms with E-state index in [-0.39, 0.29) is 0 Å². The Morgan fingerprint density at radius 1 is 1.12 bits per heavy atom. The summed E-state index contributed by atoms with van der Waals surface area (Å²) in [5.41, 5.74) is 5.63. The van der Waals surface area contributed by atoms with Crippen LogP contribution >= 0.6 is 0 Å². The number of nitrogens with two attached hydrogens (primary N) is 1. The first-order chi connectivity index (χ1) is 7.41. The predicted molar refractivity (Wildman–Crippen MR) is 70.8 cm³/mol. The summed E-state index contributed by atoms with van der Waals surface area (Å²) in [4.78, 5) is 0. The molecule has 1 saturated carbocycles. The standard InChI is InChI=1S/C14H28N2/c1-9(2)13-7-6-12(16-11(5)15)8-14(13)10(3)4/h9-10,12-14,16H,5-8,15H2,1-4H3. The summed E-state index contributed by atoms with van der Waals surface area (Å²) in [5, 5.41) is 3.31. The van der Waals surface area contributed by atoms with Crippen LogP contribution < -0.4 is 11.1 Å². The SMILES string of the molecule is C=C(N)NC1CCC(C(C)C)C(C(C)C)C1. The summed E-state index contributed by atoms with van der Waals surface area (Å²) in [6.45, 7) is 13.1. The van der Waals surface area contributed by atoms with Crippen molar-refractivity contribution in [3.8, 4) is 0 Å². The molecule has 0 bridgehead atoms. The minimum atomic E-state index is 0.542. The van der Waals surface area contributed by atoms with Crippen LogP contribution in [0.2, 0.25) is 0 Å².